The van der Waals surface area contributed by atoms with Crippen LogP contribution in [0.4, 0.5) is 10.1 Å². The van der Waals surface area contributed by atoms with E-state index in [1.807, 2.05) is 18.2 Å². The molecule has 1 heterocycles. The molecular weight excluding hydrogens is 347 g/mol. The monoisotopic (exact) mass is 370 g/mol. The fourth-order valence-corrected chi connectivity index (χ4v) is 3.81. The molecule has 2 N–H and O–H groups in total. The molecule has 142 valence electrons. The van der Waals surface area contributed by atoms with E-state index in [0.717, 1.165) is 24.8 Å². The zero-order valence-electron chi connectivity index (χ0n) is 15.1. The molecule has 2 aromatic carbocycles. The summed E-state index contributed by atoms with van der Waals surface area (Å²) in [5, 5.41) is 0. The standard InChI is InChI=1S/C21H23FN2O3/c22-16-5-7-18(8-6-16)24(21(25)15-2-1-3-17(23)11-15)12-14-4-9-19-20(10-14)27-13-26-19/h4-10,15,17H,1-3,11-13,23H2. The second-order valence-electron chi connectivity index (χ2n) is 7.21. The number of ether oxygens (including phenoxy) is 2. The minimum Gasteiger partial charge on any atom is -0.454 e. The van der Waals surface area contributed by atoms with Crippen LogP contribution in [0, 0.1) is 11.7 Å². The lowest BCUT2D eigenvalue weighted by Crippen LogP contribution is -2.40. The summed E-state index contributed by atoms with van der Waals surface area (Å²) in [7, 11) is 0. The van der Waals surface area contributed by atoms with Crippen LogP contribution in [0.2, 0.25) is 0 Å². The highest BCUT2D eigenvalue weighted by molar-refractivity contribution is 5.95. The van der Waals surface area contributed by atoms with E-state index in [1.165, 1.54) is 12.1 Å². The molecule has 2 aliphatic rings. The van der Waals surface area contributed by atoms with E-state index in [1.54, 1.807) is 17.0 Å². The Morgan fingerprint density at radius 3 is 2.67 bits per heavy atom. The van der Waals surface area contributed by atoms with Gasteiger partial charge < -0.3 is 20.1 Å². The van der Waals surface area contributed by atoms with E-state index in [-0.39, 0.29) is 30.5 Å². The van der Waals surface area contributed by atoms with Crippen molar-refractivity contribution in [2.75, 3.05) is 11.7 Å². The maximum Gasteiger partial charge on any atom is 0.231 e. The first-order valence-electron chi connectivity index (χ1n) is 9.31. The van der Waals surface area contributed by atoms with Crippen LogP contribution in [-0.4, -0.2) is 18.7 Å². The van der Waals surface area contributed by atoms with Crippen LogP contribution in [0.15, 0.2) is 42.5 Å². The molecule has 1 aliphatic carbocycles. The van der Waals surface area contributed by atoms with Crippen molar-refractivity contribution in [3.8, 4) is 11.5 Å². The molecule has 6 heteroatoms. The van der Waals surface area contributed by atoms with Gasteiger partial charge in [-0.3, -0.25) is 4.79 Å². The highest BCUT2D eigenvalue weighted by Gasteiger charge is 2.30. The molecule has 2 aromatic rings. The van der Waals surface area contributed by atoms with Crippen LogP contribution >= 0.6 is 0 Å². The minimum atomic E-state index is -0.325. The number of carbonyl (C=O) groups is 1. The van der Waals surface area contributed by atoms with Crippen molar-refractivity contribution >= 4 is 11.6 Å². The summed E-state index contributed by atoms with van der Waals surface area (Å²) in [5.74, 6) is 0.992. The Kier molecular flexibility index (Phi) is 4.99. The van der Waals surface area contributed by atoms with E-state index >= 15 is 0 Å². The van der Waals surface area contributed by atoms with Gasteiger partial charge in [-0.05, 0) is 61.2 Å². The average Bonchev–Trinajstić information content (AvgIpc) is 3.14. The highest BCUT2D eigenvalue weighted by atomic mass is 19.1. The second-order valence-corrected chi connectivity index (χ2v) is 7.21. The molecule has 0 aromatic heterocycles. The molecule has 0 bridgehead atoms. The number of carbonyl (C=O) groups excluding carboxylic acids is 1. The molecule has 0 saturated heterocycles. The molecule has 0 spiro atoms. The molecule has 1 fully saturated rings. The smallest absolute Gasteiger partial charge is 0.231 e. The molecule has 1 aliphatic heterocycles. The van der Waals surface area contributed by atoms with Crippen molar-refractivity contribution in [1.29, 1.82) is 0 Å². The number of hydrogen-bond acceptors (Lipinski definition) is 4. The van der Waals surface area contributed by atoms with Crippen LogP contribution in [0.1, 0.15) is 31.2 Å². The highest BCUT2D eigenvalue weighted by Crippen LogP contribution is 2.34. The van der Waals surface area contributed by atoms with Gasteiger partial charge in [0.05, 0.1) is 6.54 Å². The summed E-state index contributed by atoms with van der Waals surface area (Å²) in [4.78, 5) is 15.0. The maximum absolute atomic E-state index is 13.4. The summed E-state index contributed by atoms with van der Waals surface area (Å²) in [6.45, 7) is 0.589. The number of halogens is 1. The van der Waals surface area contributed by atoms with Gasteiger partial charge in [-0.2, -0.15) is 0 Å². The topological polar surface area (TPSA) is 64.8 Å². The quantitative estimate of drug-likeness (QED) is 0.893. The number of rotatable bonds is 4. The fourth-order valence-electron chi connectivity index (χ4n) is 3.81. The van der Waals surface area contributed by atoms with Gasteiger partial charge >= 0.3 is 0 Å². The first-order valence-corrected chi connectivity index (χ1v) is 9.31. The molecule has 5 nitrogen and oxygen atoms in total. The Labute approximate surface area is 157 Å². The molecule has 0 radical (unpaired) electrons. The Morgan fingerprint density at radius 2 is 1.89 bits per heavy atom. The van der Waals surface area contributed by atoms with Gasteiger partial charge in [0.15, 0.2) is 11.5 Å². The summed E-state index contributed by atoms with van der Waals surface area (Å²) in [6, 6.07) is 11.8. The van der Waals surface area contributed by atoms with Crippen LogP contribution in [0.25, 0.3) is 0 Å². The van der Waals surface area contributed by atoms with Crippen molar-refractivity contribution in [1.82, 2.24) is 0 Å². The number of amides is 1. The van der Waals surface area contributed by atoms with Gasteiger partial charge in [0.2, 0.25) is 12.7 Å². The zero-order chi connectivity index (χ0) is 18.8. The summed E-state index contributed by atoms with van der Waals surface area (Å²) in [6.07, 6.45) is 3.45. The average molecular weight is 370 g/mol. The van der Waals surface area contributed by atoms with Crippen LogP contribution in [0.5, 0.6) is 11.5 Å². The molecule has 1 amide bonds. The predicted molar refractivity (Wildman–Crippen MR) is 100 cm³/mol. The molecular formula is C21H23FN2O3. The van der Waals surface area contributed by atoms with Crippen molar-refractivity contribution in [2.24, 2.45) is 11.7 Å². The van der Waals surface area contributed by atoms with Crippen LogP contribution < -0.4 is 20.1 Å². The SMILES string of the molecule is NC1CCCC(C(=O)N(Cc2ccc3c(c2)OCO3)c2ccc(F)cc2)C1. The number of anilines is 1. The van der Waals surface area contributed by atoms with Gasteiger partial charge in [-0.1, -0.05) is 12.5 Å². The number of nitrogens with zero attached hydrogens (tertiary/aromatic N) is 1. The van der Waals surface area contributed by atoms with Crippen molar-refractivity contribution in [2.45, 2.75) is 38.3 Å². The number of benzene rings is 2. The van der Waals surface area contributed by atoms with E-state index in [0.29, 0.717) is 30.2 Å². The Morgan fingerprint density at radius 1 is 1.11 bits per heavy atom. The number of nitrogens with two attached hydrogens (primary N) is 1. The van der Waals surface area contributed by atoms with Gasteiger partial charge in [0.1, 0.15) is 5.82 Å². The summed E-state index contributed by atoms with van der Waals surface area (Å²) >= 11 is 0. The summed E-state index contributed by atoms with van der Waals surface area (Å²) < 4.78 is 24.2. The van der Waals surface area contributed by atoms with Gasteiger partial charge in [-0.15, -0.1) is 0 Å². The Bertz CT molecular complexity index is 825. The third kappa shape index (κ3) is 3.90. The Hall–Kier alpha value is -2.60. The summed E-state index contributed by atoms with van der Waals surface area (Å²) in [5.41, 5.74) is 7.69. The molecule has 27 heavy (non-hydrogen) atoms. The largest absolute Gasteiger partial charge is 0.454 e. The minimum absolute atomic E-state index is 0.0365. The van der Waals surface area contributed by atoms with Crippen molar-refractivity contribution in [3.05, 3.63) is 53.8 Å². The third-order valence-electron chi connectivity index (χ3n) is 5.25. The fraction of sp³-hybridized carbons (Fsp3) is 0.381. The lowest BCUT2D eigenvalue weighted by Gasteiger charge is -2.31. The lowest BCUT2D eigenvalue weighted by atomic mass is 9.85. The van der Waals surface area contributed by atoms with Gasteiger partial charge in [-0.25, -0.2) is 4.39 Å². The Balaban J connectivity index is 1.61. The van der Waals surface area contributed by atoms with Crippen molar-refractivity contribution in [3.63, 3.8) is 0 Å². The molecule has 2 atom stereocenters. The van der Waals surface area contributed by atoms with E-state index in [2.05, 4.69) is 0 Å². The van der Waals surface area contributed by atoms with E-state index in [4.69, 9.17) is 15.2 Å². The third-order valence-corrected chi connectivity index (χ3v) is 5.25. The predicted octanol–water partition coefficient (Wildman–Crippen LogP) is 3.61. The number of fused-ring (bicyclic) bond motifs is 1. The maximum atomic E-state index is 13.4. The van der Waals surface area contributed by atoms with E-state index in [9.17, 15) is 9.18 Å². The van der Waals surface area contributed by atoms with Gasteiger partial charge in [0.25, 0.3) is 0 Å². The molecule has 1 saturated carbocycles. The molecule has 2 unspecified atom stereocenters. The second kappa shape index (κ2) is 7.56. The number of hydrogen-bond donors (Lipinski definition) is 1. The van der Waals surface area contributed by atoms with Crippen LogP contribution in [-0.2, 0) is 11.3 Å². The molecule has 4 rings (SSSR count). The zero-order valence-corrected chi connectivity index (χ0v) is 15.1. The van der Waals surface area contributed by atoms with E-state index < -0.39 is 0 Å². The first-order chi connectivity index (χ1) is 13.1. The van der Waals surface area contributed by atoms with Gasteiger partial charge in [0, 0.05) is 17.6 Å². The van der Waals surface area contributed by atoms with Crippen molar-refractivity contribution < 1.29 is 18.7 Å². The normalized spacial score (nSPS) is 21.1. The van der Waals surface area contributed by atoms with Crippen LogP contribution in [0.3, 0.4) is 0 Å². The lowest BCUT2D eigenvalue weighted by molar-refractivity contribution is -0.123. The first kappa shape index (κ1) is 17.8.